The zero-order valence-corrected chi connectivity index (χ0v) is 14.3. The molecule has 2 amide bonds. The maximum atomic E-state index is 11.9. The summed E-state index contributed by atoms with van der Waals surface area (Å²) in [7, 11) is 0. The van der Waals surface area contributed by atoms with Crippen LogP contribution < -0.4 is 10.6 Å². The Kier molecular flexibility index (Phi) is 3.49. The molecule has 0 spiro atoms. The van der Waals surface area contributed by atoms with Gasteiger partial charge in [0.25, 0.3) is 5.91 Å². The summed E-state index contributed by atoms with van der Waals surface area (Å²) in [5, 5.41) is 10.2. The Morgan fingerprint density at radius 2 is 2.04 bits per heavy atom. The van der Waals surface area contributed by atoms with Crippen LogP contribution in [0.1, 0.15) is 24.8 Å². The third-order valence-corrected chi connectivity index (χ3v) is 4.63. The fourth-order valence-corrected chi connectivity index (χ4v) is 3.10. The van der Waals surface area contributed by atoms with Gasteiger partial charge < -0.3 is 5.32 Å². The van der Waals surface area contributed by atoms with E-state index in [0.717, 1.165) is 29.9 Å². The topological polar surface area (TPSA) is 101 Å². The number of amides is 2. The molecule has 1 aliphatic carbocycles. The van der Waals surface area contributed by atoms with E-state index >= 15 is 0 Å². The first-order valence-electron chi connectivity index (χ1n) is 8.78. The average molecular weight is 360 g/mol. The summed E-state index contributed by atoms with van der Waals surface area (Å²) in [6.45, 7) is 0. The normalized spacial score (nSPS) is 18.3. The molecule has 0 bridgehead atoms. The summed E-state index contributed by atoms with van der Waals surface area (Å²) in [6, 6.07) is 6.22. The van der Waals surface area contributed by atoms with Crippen LogP contribution in [0.2, 0.25) is 0 Å². The van der Waals surface area contributed by atoms with E-state index in [1.54, 1.807) is 29.2 Å². The van der Waals surface area contributed by atoms with Crippen molar-refractivity contribution in [1.29, 1.82) is 0 Å². The molecule has 0 unspecified atom stereocenters. The van der Waals surface area contributed by atoms with Crippen molar-refractivity contribution in [3.8, 4) is 11.3 Å². The SMILES string of the molecule is O=C1C/C(=C\c2cnn3c(NC4CC4)cc(-c4ccncc4)nc23)C(=O)N1. The number of anilines is 1. The first-order valence-corrected chi connectivity index (χ1v) is 8.78. The van der Waals surface area contributed by atoms with Gasteiger partial charge in [0.05, 0.1) is 18.3 Å². The molecule has 3 aromatic rings. The molecule has 27 heavy (non-hydrogen) atoms. The van der Waals surface area contributed by atoms with Gasteiger partial charge in [-0.2, -0.15) is 9.61 Å². The van der Waals surface area contributed by atoms with Crippen molar-refractivity contribution in [2.24, 2.45) is 0 Å². The number of pyridine rings is 1. The molecule has 1 saturated heterocycles. The predicted molar refractivity (Wildman–Crippen MR) is 98.6 cm³/mol. The molecule has 134 valence electrons. The molecule has 0 atom stereocenters. The number of carbonyl (C=O) groups excluding carboxylic acids is 2. The van der Waals surface area contributed by atoms with Crippen LogP contribution in [0.5, 0.6) is 0 Å². The molecule has 4 heterocycles. The molecule has 8 nitrogen and oxygen atoms in total. The summed E-state index contributed by atoms with van der Waals surface area (Å²) >= 11 is 0. The second-order valence-corrected chi connectivity index (χ2v) is 6.74. The highest BCUT2D eigenvalue weighted by atomic mass is 16.2. The fraction of sp³-hybridized carbons (Fsp3) is 0.211. The van der Waals surface area contributed by atoms with Gasteiger partial charge in [0, 0.05) is 41.2 Å². The summed E-state index contributed by atoms with van der Waals surface area (Å²) in [5.41, 5.74) is 3.49. The first-order chi connectivity index (χ1) is 13.2. The second kappa shape index (κ2) is 6.01. The number of aromatic nitrogens is 4. The lowest BCUT2D eigenvalue weighted by Crippen LogP contribution is -2.19. The van der Waals surface area contributed by atoms with Crippen molar-refractivity contribution >= 4 is 29.4 Å². The van der Waals surface area contributed by atoms with Crippen LogP contribution in [0.4, 0.5) is 5.82 Å². The Labute approximate surface area is 154 Å². The van der Waals surface area contributed by atoms with E-state index in [1.165, 1.54) is 0 Å². The van der Waals surface area contributed by atoms with Crippen molar-refractivity contribution in [3.63, 3.8) is 0 Å². The van der Waals surface area contributed by atoms with Gasteiger partial charge in [-0.15, -0.1) is 0 Å². The van der Waals surface area contributed by atoms with Crippen LogP contribution in [0.15, 0.2) is 42.4 Å². The first kappa shape index (κ1) is 15.7. The van der Waals surface area contributed by atoms with Crippen LogP contribution in [0.25, 0.3) is 23.0 Å². The highest BCUT2D eigenvalue weighted by Gasteiger charge is 2.25. The van der Waals surface area contributed by atoms with Crippen LogP contribution in [0, 0.1) is 0 Å². The van der Waals surface area contributed by atoms with Crippen LogP contribution in [0.3, 0.4) is 0 Å². The van der Waals surface area contributed by atoms with E-state index < -0.39 is 0 Å². The van der Waals surface area contributed by atoms with E-state index in [0.29, 0.717) is 22.8 Å². The third-order valence-electron chi connectivity index (χ3n) is 4.63. The quantitative estimate of drug-likeness (QED) is 0.543. The maximum Gasteiger partial charge on any atom is 0.254 e. The van der Waals surface area contributed by atoms with Crippen molar-refractivity contribution in [2.75, 3.05) is 5.32 Å². The van der Waals surface area contributed by atoms with Crippen LogP contribution >= 0.6 is 0 Å². The summed E-state index contributed by atoms with van der Waals surface area (Å²) < 4.78 is 1.74. The highest BCUT2D eigenvalue weighted by molar-refractivity contribution is 6.15. The number of imide groups is 1. The number of hydrogen-bond acceptors (Lipinski definition) is 6. The Bertz CT molecular complexity index is 1100. The fourth-order valence-electron chi connectivity index (χ4n) is 3.10. The van der Waals surface area contributed by atoms with E-state index in [-0.39, 0.29) is 18.2 Å². The molecule has 3 aromatic heterocycles. The van der Waals surface area contributed by atoms with E-state index in [1.807, 2.05) is 18.2 Å². The second-order valence-electron chi connectivity index (χ2n) is 6.74. The average Bonchev–Trinajstić information content (AvgIpc) is 3.31. The number of rotatable bonds is 4. The van der Waals surface area contributed by atoms with Gasteiger partial charge in [0.15, 0.2) is 5.65 Å². The lowest BCUT2D eigenvalue weighted by molar-refractivity contribution is -0.124. The van der Waals surface area contributed by atoms with Crippen LogP contribution in [-0.4, -0.2) is 37.4 Å². The minimum atomic E-state index is -0.360. The zero-order chi connectivity index (χ0) is 18.4. The van der Waals surface area contributed by atoms with Gasteiger partial charge in [-0.3, -0.25) is 19.9 Å². The molecule has 2 aliphatic rings. The standard InChI is InChI=1S/C19H16N6O2/c26-17-8-12(19(27)24-17)7-13-10-21-25-16(22-14-1-2-14)9-15(23-18(13)25)11-3-5-20-6-4-11/h3-7,9-10,14,22H,1-2,8H2,(H,24,26,27)/b12-7+. The van der Waals surface area contributed by atoms with Crippen molar-refractivity contribution < 1.29 is 9.59 Å². The maximum absolute atomic E-state index is 11.9. The number of hydrogen-bond donors (Lipinski definition) is 2. The lowest BCUT2D eigenvalue weighted by atomic mass is 10.1. The molecule has 0 aromatic carbocycles. The zero-order valence-electron chi connectivity index (χ0n) is 14.3. The number of nitrogens with one attached hydrogen (secondary N) is 2. The van der Waals surface area contributed by atoms with Crippen molar-refractivity contribution in [3.05, 3.63) is 47.9 Å². The van der Waals surface area contributed by atoms with Gasteiger partial charge in [0.1, 0.15) is 5.82 Å². The van der Waals surface area contributed by atoms with E-state index in [2.05, 4.69) is 20.7 Å². The van der Waals surface area contributed by atoms with Crippen molar-refractivity contribution in [1.82, 2.24) is 24.9 Å². The molecule has 0 radical (unpaired) electrons. The monoisotopic (exact) mass is 360 g/mol. The molecule has 2 fully saturated rings. The van der Waals surface area contributed by atoms with E-state index in [9.17, 15) is 9.59 Å². The van der Waals surface area contributed by atoms with Gasteiger partial charge in [-0.05, 0) is 31.1 Å². The smallest absolute Gasteiger partial charge is 0.254 e. The molecule has 5 rings (SSSR count). The number of fused-ring (bicyclic) bond motifs is 1. The van der Waals surface area contributed by atoms with Gasteiger partial charge in [0.2, 0.25) is 5.91 Å². The third kappa shape index (κ3) is 2.95. The molecule has 2 N–H and O–H groups in total. The minimum absolute atomic E-state index is 0.0768. The molecule has 1 saturated carbocycles. The molecular weight excluding hydrogens is 344 g/mol. The van der Waals surface area contributed by atoms with Gasteiger partial charge >= 0.3 is 0 Å². The summed E-state index contributed by atoms with van der Waals surface area (Å²) in [6.07, 6.45) is 9.15. The van der Waals surface area contributed by atoms with Gasteiger partial charge in [-0.25, -0.2) is 4.98 Å². The molecular formula is C19H16N6O2. The predicted octanol–water partition coefficient (Wildman–Crippen LogP) is 1.80. The van der Waals surface area contributed by atoms with Crippen molar-refractivity contribution in [2.45, 2.75) is 25.3 Å². The minimum Gasteiger partial charge on any atom is -0.367 e. The Morgan fingerprint density at radius 1 is 1.22 bits per heavy atom. The summed E-state index contributed by atoms with van der Waals surface area (Å²) in [5.74, 6) is 0.205. The Morgan fingerprint density at radius 3 is 2.74 bits per heavy atom. The Balaban J connectivity index is 1.66. The molecule has 1 aliphatic heterocycles. The van der Waals surface area contributed by atoms with Gasteiger partial charge in [-0.1, -0.05) is 0 Å². The summed E-state index contributed by atoms with van der Waals surface area (Å²) in [4.78, 5) is 32.2. The highest BCUT2D eigenvalue weighted by Crippen LogP contribution is 2.29. The molecule has 8 heteroatoms. The Hall–Kier alpha value is -3.55. The largest absolute Gasteiger partial charge is 0.367 e. The number of carbonyl (C=O) groups is 2. The van der Waals surface area contributed by atoms with Crippen LogP contribution in [-0.2, 0) is 9.59 Å². The lowest BCUT2D eigenvalue weighted by Gasteiger charge is -2.10. The van der Waals surface area contributed by atoms with E-state index in [4.69, 9.17) is 4.98 Å². The number of nitrogens with zero attached hydrogens (tertiary/aromatic N) is 4.